The molecule has 3 aliphatic rings. The van der Waals surface area contributed by atoms with Crippen molar-refractivity contribution in [2.24, 2.45) is 11.7 Å². The minimum Gasteiger partial charge on any atom is -0.378 e. The third-order valence-corrected chi connectivity index (χ3v) is 5.19. The van der Waals surface area contributed by atoms with E-state index in [1.807, 2.05) is 0 Å². The zero-order valence-corrected chi connectivity index (χ0v) is 11.6. The van der Waals surface area contributed by atoms with E-state index in [1.165, 1.54) is 0 Å². The summed E-state index contributed by atoms with van der Waals surface area (Å²) in [5.74, 6) is 0.480. The normalized spacial score (nSPS) is 39.7. The van der Waals surface area contributed by atoms with Gasteiger partial charge in [-0.1, -0.05) is 0 Å². The standard InChI is InChI=1S/C14H24N2O3/c1-18-14(5-3-6-14)8-10(17)16-12-11(15)9-4-2-7-19-13(9)12/h9,11-13H,2-8,15H2,1H3,(H,16,17). The molecule has 0 aromatic carbocycles. The van der Waals surface area contributed by atoms with Crippen molar-refractivity contribution in [3.8, 4) is 0 Å². The topological polar surface area (TPSA) is 73.6 Å². The van der Waals surface area contributed by atoms with Crippen LogP contribution in [0.2, 0.25) is 0 Å². The Morgan fingerprint density at radius 3 is 2.89 bits per heavy atom. The van der Waals surface area contributed by atoms with Crippen LogP contribution in [-0.4, -0.2) is 43.4 Å². The second kappa shape index (κ2) is 5.04. The molecule has 5 heteroatoms. The minimum absolute atomic E-state index is 0.00761. The number of methoxy groups -OCH3 is 1. The molecule has 3 N–H and O–H groups in total. The van der Waals surface area contributed by atoms with Gasteiger partial charge in [0.2, 0.25) is 5.91 Å². The maximum absolute atomic E-state index is 12.1. The fraction of sp³-hybridized carbons (Fsp3) is 0.929. The van der Waals surface area contributed by atoms with Crippen LogP contribution < -0.4 is 11.1 Å². The predicted octanol–water partition coefficient (Wildman–Crippen LogP) is 0.567. The molecule has 0 aromatic heterocycles. The van der Waals surface area contributed by atoms with Gasteiger partial charge in [0.25, 0.3) is 0 Å². The van der Waals surface area contributed by atoms with Gasteiger partial charge < -0.3 is 20.5 Å². The highest BCUT2D eigenvalue weighted by molar-refractivity contribution is 5.78. The highest BCUT2D eigenvalue weighted by atomic mass is 16.5. The second-order valence-electron chi connectivity index (χ2n) is 6.23. The number of nitrogens with one attached hydrogen (secondary N) is 1. The van der Waals surface area contributed by atoms with E-state index in [4.69, 9.17) is 15.2 Å². The predicted molar refractivity (Wildman–Crippen MR) is 70.6 cm³/mol. The molecule has 5 nitrogen and oxygen atoms in total. The smallest absolute Gasteiger partial charge is 0.223 e. The van der Waals surface area contributed by atoms with Gasteiger partial charge in [-0.3, -0.25) is 4.79 Å². The van der Waals surface area contributed by atoms with Gasteiger partial charge in [-0.25, -0.2) is 0 Å². The summed E-state index contributed by atoms with van der Waals surface area (Å²) in [6.07, 6.45) is 5.91. The number of carbonyl (C=O) groups is 1. The Morgan fingerprint density at radius 2 is 2.26 bits per heavy atom. The third kappa shape index (κ3) is 2.28. The highest BCUT2D eigenvalue weighted by Gasteiger charge is 2.51. The number of carbonyl (C=O) groups excluding carboxylic acids is 1. The molecule has 1 heterocycles. The summed E-state index contributed by atoms with van der Waals surface area (Å²) in [5.41, 5.74) is 5.92. The molecular weight excluding hydrogens is 244 g/mol. The lowest BCUT2D eigenvalue weighted by Crippen LogP contribution is -2.72. The van der Waals surface area contributed by atoms with E-state index < -0.39 is 0 Å². The Morgan fingerprint density at radius 1 is 1.47 bits per heavy atom. The van der Waals surface area contributed by atoms with Crippen molar-refractivity contribution in [2.75, 3.05) is 13.7 Å². The summed E-state index contributed by atoms with van der Waals surface area (Å²) >= 11 is 0. The molecule has 1 aliphatic heterocycles. The molecule has 0 bridgehead atoms. The molecule has 0 aromatic rings. The van der Waals surface area contributed by atoms with Crippen molar-refractivity contribution in [1.82, 2.24) is 5.32 Å². The Bertz CT molecular complexity index is 351. The van der Waals surface area contributed by atoms with Gasteiger partial charge in [0.1, 0.15) is 0 Å². The quantitative estimate of drug-likeness (QED) is 0.781. The largest absolute Gasteiger partial charge is 0.378 e. The van der Waals surface area contributed by atoms with Crippen molar-refractivity contribution in [3.63, 3.8) is 0 Å². The van der Waals surface area contributed by atoms with Gasteiger partial charge >= 0.3 is 0 Å². The molecule has 0 spiro atoms. The minimum atomic E-state index is -0.218. The van der Waals surface area contributed by atoms with Crippen LogP contribution in [0.15, 0.2) is 0 Å². The summed E-state index contributed by atoms with van der Waals surface area (Å²) in [6.45, 7) is 0.794. The van der Waals surface area contributed by atoms with Crippen LogP contribution in [0.25, 0.3) is 0 Å². The van der Waals surface area contributed by atoms with Gasteiger partial charge in [-0.05, 0) is 32.1 Å². The Balaban J connectivity index is 1.52. The number of rotatable bonds is 4. The van der Waals surface area contributed by atoms with E-state index >= 15 is 0 Å². The molecular formula is C14H24N2O3. The molecule has 108 valence electrons. The molecule has 1 saturated heterocycles. The Labute approximate surface area is 114 Å². The fourth-order valence-electron chi connectivity index (χ4n) is 3.68. The summed E-state index contributed by atoms with van der Waals surface area (Å²) in [4.78, 5) is 12.1. The number of amides is 1. The van der Waals surface area contributed by atoms with E-state index in [2.05, 4.69) is 5.32 Å². The third-order valence-electron chi connectivity index (χ3n) is 5.19. The van der Waals surface area contributed by atoms with Crippen molar-refractivity contribution in [2.45, 2.75) is 62.3 Å². The molecule has 4 atom stereocenters. The summed E-state index contributed by atoms with van der Waals surface area (Å²) in [7, 11) is 1.70. The van der Waals surface area contributed by atoms with Crippen LogP contribution in [0.3, 0.4) is 0 Å². The molecule has 19 heavy (non-hydrogen) atoms. The fourth-order valence-corrected chi connectivity index (χ4v) is 3.68. The van der Waals surface area contributed by atoms with Crippen molar-refractivity contribution >= 4 is 5.91 Å². The van der Waals surface area contributed by atoms with Gasteiger partial charge in [0.05, 0.1) is 24.2 Å². The van der Waals surface area contributed by atoms with E-state index in [0.717, 1.165) is 38.7 Å². The van der Waals surface area contributed by atoms with E-state index in [-0.39, 0.29) is 29.7 Å². The molecule has 0 radical (unpaired) electrons. The maximum Gasteiger partial charge on any atom is 0.223 e. The Kier molecular flexibility index (Phi) is 3.53. The zero-order chi connectivity index (χ0) is 13.5. The van der Waals surface area contributed by atoms with Crippen molar-refractivity contribution < 1.29 is 14.3 Å². The zero-order valence-electron chi connectivity index (χ0n) is 11.6. The maximum atomic E-state index is 12.1. The second-order valence-corrected chi connectivity index (χ2v) is 6.23. The Hall–Kier alpha value is -0.650. The van der Waals surface area contributed by atoms with Gasteiger partial charge in [-0.2, -0.15) is 0 Å². The van der Waals surface area contributed by atoms with Crippen LogP contribution in [0, 0.1) is 5.92 Å². The molecule has 3 fully saturated rings. The van der Waals surface area contributed by atoms with Crippen molar-refractivity contribution in [1.29, 1.82) is 0 Å². The highest BCUT2D eigenvalue weighted by Crippen LogP contribution is 2.39. The van der Waals surface area contributed by atoms with Crippen molar-refractivity contribution in [3.05, 3.63) is 0 Å². The summed E-state index contributed by atoms with van der Waals surface area (Å²) in [6, 6.07) is 0.0425. The average molecular weight is 268 g/mol. The van der Waals surface area contributed by atoms with Crippen LogP contribution in [-0.2, 0) is 14.3 Å². The molecule has 2 saturated carbocycles. The lowest BCUT2D eigenvalue weighted by atomic mass is 9.68. The average Bonchev–Trinajstić information content (AvgIpc) is 2.40. The van der Waals surface area contributed by atoms with E-state index in [9.17, 15) is 4.79 Å². The summed E-state index contributed by atoms with van der Waals surface area (Å²) < 4.78 is 11.2. The number of nitrogens with two attached hydrogens (primary N) is 1. The lowest BCUT2D eigenvalue weighted by Gasteiger charge is -2.52. The lowest BCUT2D eigenvalue weighted by molar-refractivity contribution is -0.147. The van der Waals surface area contributed by atoms with E-state index in [0.29, 0.717) is 12.3 Å². The van der Waals surface area contributed by atoms with Crippen LogP contribution in [0.5, 0.6) is 0 Å². The van der Waals surface area contributed by atoms with Gasteiger partial charge in [-0.15, -0.1) is 0 Å². The first-order valence-electron chi connectivity index (χ1n) is 7.37. The van der Waals surface area contributed by atoms with Crippen LogP contribution in [0.4, 0.5) is 0 Å². The first-order chi connectivity index (χ1) is 9.15. The van der Waals surface area contributed by atoms with Crippen LogP contribution >= 0.6 is 0 Å². The first kappa shape index (κ1) is 13.3. The molecule has 3 rings (SSSR count). The number of hydrogen-bond acceptors (Lipinski definition) is 4. The van der Waals surface area contributed by atoms with E-state index in [1.54, 1.807) is 7.11 Å². The molecule has 2 aliphatic carbocycles. The number of fused-ring (bicyclic) bond motifs is 1. The number of hydrogen-bond donors (Lipinski definition) is 2. The summed E-state index contributed by atoms with van der Waals surface area (Å²) in [5, 5.41) is 3.05. The molecule has 1 amide bonds. The monoisotopic (exact) mass is 268 g/mol. The SMILES string of the molecule is COC1(CC(=O)NC2C(N)C3CCCOC32)CCC1. The first-order valence-corrected chi connectivity index (χ1v) is 7.37. The molecule has 4 unspecified atom stereocenters. The van der Waals surface area contributed by atoms with Gasteiger partial charge in [0.15, 0.2) is 0 Å². The number of ether oxygens (including phenoxy) is 2. The van der Waals surface area contributed by atoms with Crippen LogP contribution in [0.1, 0.15) is 38.5 Å². The van der Waals surface area contributed by atoms with Gasteiger partial charge in [0, 0.05) is 25.7 Å².